The topological polar surface area (TPSA) is 9.23 Å². The fourth-order valence-corrected chi connectivity index (χ4v) is 4.44. The van der Waals surface area contributed by atoms with Gasteiger partial charge in [0.05, 0.1) is 6.61 Å². The monoisotopic (exact) mass is 542 g/mol. The molecule has 0 saturated carbocycles. The number of hydrogen-bond acceptors (Lipinski definition) is 1. The van der Waals surface area contributed by atoms with E-state index < -0.39 is 34.9 Å². The molecule has 0 bridgehead atoms. The summed E-state index contributed by atoms with van der Waals surface area (Å²) < 4.78 is 90.1. The van der Waals surface area contributed by atoms with Crippen LogP contribution in [0.4, 0.5) is 26.3 Å². The summed E-state index contributed by atoms with van der Waals surface area (Å²) in [6.07, 6.45) is 6.07. The third-order valence-electron chi connectivity index (χ3n) is 6.55. The molecule has 1 nitrogen and oxygen atoms in total. The van der Waals surface area contributed by atoms with Gasteiger partial charge in [0.25, 0.3) is 0 Å². The van der Waals surface area contributed by atoms with E-state index >= 15 is 0 Å². The summed E-state index contributed by atoms with van der Waals surface area (Å²) in [4.78, 5) is 0. The standard InChI is InChI=1S/C32H28F6O/c1-2-3-4-5-6-7-14-39-32-24(21-9-12-27(34)30(37)18-21)15-23(20-8-11-26(33)29(36)17-20)16-25(32)22-10-13-28(35)31(38)19-22/h8-13,15-19H,2-7,14H2,1H3. The van der Waals surface area contributed by atoms with Crippen molar-refractivity contribution in [3.8, 4) is 39.1 Å². The Hall–Kier alpha value is -3.74. The summed E-state index contributed by atoms with van der Waals surface area (Å²) >= 11 is 0. The van der Waals surface area contributed by atoms with E-state index in [1.165, 1.54) is 18.2 Å². The highest BCUT2D eigenvalue weighted by Crippen LogP contribution is 2.43. The van der Waals surface area contributed by atoms with Crippen LogP contribution in [0.1, 0.15) is 45.4 Å². The summed E-state index contributed by atoms with van der Waals surface area (Å²) in [5, 5.41) is 0. The lowest BCUT2D eigenvalue weighted by atomic mass is 9.91. The first-order chi connectivity index (χ1) is 18.8. The van der Waals surface area contributed by atoms with Crippen LogP contribution in [0.5, 0.6) is 5.75 Å². The molecule has 0 N–H and O–H groups in total. The normalized spacial score (nSPS) is 11.2. The predicted octanol–water partition coefficient (Wildman–Crippen LogP) is 10.3. The van der Waals surface area contributed by atoms with E-state index in [4.69, 9.17) is 4.74 Å². The molecule has 0 spiro atoms. The molecule has 0 atom stereocenters. The summed E-state index contributed by atoms with van der Waals surface area (Å²) in [6, 6.07) is 13.2. The molecule has 0 radical (unpaired) electrons. The average Bonchev–Trinajstić information content (AvgIpc) is 2.92. The van der Waals surface area contributed by atoms with E-state index in [1.807, 2.05) is 0 Å². The van der Waals surface area contributed by atoms with Crippen molar-refractivity contribution in [1.29, 1.82) is 0 Å². The van der Waals surface area contributed by atoms with Gasteiger partial charge in [0.2, 0.25) is 0 Å². The van der Waals surface area contributed by atoms with Crippen LogP contribution in [0.15, 0.2) is 66.7 Å². The molecule has 4 aromatic rings. The van der Waals surface area contributed by atoms with E-state index in [9.17, 15) is 26.3 Å². The minimum Gasteiger partial charge on any atom is -0.492 e. The molecule has 0 aromatic heterocycles. The predicted molar refractivity (Wildman–Crippen MR) is 141 cm³/mol. The van der Waals surface area contributed by atoms with Gasteiger partial charge in [-0.3, -0.25) is 0 Å². The number of rotatable bonds is 11. The maximum Gasteiger partial charge on any atom is 0.159 e. The summed E-state index contributed by atoms with van der Waals surface area (Å²) in [5.41, 5.74) is 1.88. The molecule has 204 valence electrons. The van der Waals surface area contributed by atoms with E-state index in [0.717, 1.165) is 74.9 Å². The van der Waals surface area contributed by atoms with E-state index in [2.05, 4.69) is 6.92 Å². The number of benzene rings is 4. The van der Waals surface area contributed by atoms with E-state index in [1.54, 1.807) is 12.1 Å². The van der Waals surface area contributed by atoms with Crippen LogP contribution in [-0.4, -0.2) is 6.61 Å². The molecule has 4 rings (SSSR count). The Bertz CT molecular complexity index is 1380. The van der Waals surface area contributed by atoms with Gasteiger partial charge >= 0.3 is 0 Å². The SMILES string of the molecule is CCCCCCCCOc1c(-c2ccc(F)c(F)c2)cc(-c2ccc(F)c(F)c2)cc1-c1ccc(F)c(F)c1. The van der Waals surface area contributed by atoms with Gasteiger partial charge in [0.15, 0.2) is 34.9 Å². The van der Waals surface area contributed by atoms with Gasteiger partial charge in [-0.1, -0.05) is 57.2 Å². The molecular weight excluding hydrogens is 514 g/mol. The lowest BCUT2D eigenvalue weighted by Crippen LogP contribution is -2.02. The largest absolute Gasteiger partial charge is 0.492 e. The highest BCUT2D eigenvalue weighted by molar-refractivity contribution is 5.88. The minimum absolute atomic E-state index is 0.256. The highest BCUT2D eigenvalue weighted by Gasteiger charge is 2.20. The fourth-order valence-electron chi connectivity index (χ4n) is 4.44. The van der Waals surface area contributed by atoms with Crippen LogP contribution in [0.3, 0.4) is 0 Å². The van der Waals surface area contributed by atoms with E-state index in [0.29, 0.717) is 28.9 Å². The van der Waals surface area contributed by atoms with Crippen LogP contribution in [0, 0.1) is 34.9 Å². The molecule has 39 heavy (non-hydrogen) atoms. The first-order valence-corrected chi connectivity index (χ1v) is 13.0. The van der Waals surface area contributed by atoms with Crippen molar-refractivity contribution in [2.75, 3.05) is 6.61 Å². The second-order valence-corrected chi connectivity index (χ2v) is 9.40. The third-order valence-corrected chi connectivity index (χ3v) is 6.55. The van der Waals surface area contributed by atoms with E-state index in [-0.39, 0.29) is 16.9 Å². The molecule has 0 aliphatic rings. The smallest absolute Gasteiger partial charge is 0.159 e. The lowest BCUT2D eigenvalue weighted by molar-refractivity contribution is 0.306. The quantitative estimate of drug-likeness (QED) is 0.135. The van der Waals surface area contributed by atoms with Crippen LogP contribution in [0.2, 0.25) is 0 Å². The Morgan fingerprint density at radius 2 is 0.897 bits per heavy atom. The molecular formula is C32H28F6O. The van der Waals surface area contributed by atoms with Crippen LogP contribution in [-0.2, 0) is 0 Å². The second kappa shape index (κ2) is 12.9. The molecule has 0 saturated heterocycles. The van der Waals surface area contributed by atoms with Gasteiger partial charge in [-0.05, 0) is 77.2 Å². The van der Waals surface area contributed by atoms with Gasteiger partial charge in [0, 0.05) is 11.1 Å². The Labute approximate surface area is 224 Å². The zero-order valence-electron chi connectivity index (χ0n) is 21.5. The first kappa shape index (κ1) is 28.3. The maximum atomic E-state index is 14.3. The number of halogens is 6. The van der Waals surface area contributed by atoms with Crippen LogP contribution >= 0.6 is 0 Å². The van der Waals surface area contributed by atoms with Crippen molar-refractivity contribution < 1.29 is 31.1 Å². The number of hydrogen-bond donors (Lipinski definition) is 0. The molecule has 0 amide bonds. The Morgan fingerprint density at radius 3 is 1.38 bits per heavy atom. The van der Waals surface area contributed by atoms with Crippen LogP contribution < -0.4 is 4.74 Å². The van der Waals surface area contributed by atoms with Gasteiger partial charge in [0.1, 0.15) is 5.75 Å². The van der Waals surface area contributed by atoms with Crippen molar-refractivity contribution in [2.24, 2.45) is 0 Å². The Morgan fingerprint density at radius 1 is 0.462 bits per heavy atom. The number of unbranched alkanes of at least 4 members (excludes halogenated alkanes) is 5. The van der Waals surface area contributed by atoms with Crippen LogP contribution in [0.25, 0.3) is 33.4 Å². The molecule has 0 aliphatic heterocycles. The molecule has 0 fully saturated rings. The van der Waals surface area contributed by atoms with Gasteiger partial charge in [-0.15, -0.1) is 0 Å². The second-order valence-electron chi connectivity index (χ2n) is 9.40. The maximum absolute atomic E-state index is 14.3. The molecule has 0 heterocycles. The summed E-state index contributed by atoms with van der Waals surface area (Å²) in [7, 11) is 0. The van der Waals surface area contributed by atoms with Gasteiger partial charge in [-0.25, -0.2) is 26.3 Å². The average molecular weight is 543 g/mol. The zero-order chi connectivity index (χ0) is 27.9. The number of ether oxygens (including phenoxy) is 1. The minimum atomic E-state index is -1.08. The fraction of sp³-hybridized carbons (Fsp3) is 0.250. The van der Waals surface area contributed by atoms with Crippen molar-refractivity contribution in [2.45, 2.75) is 45.4 Å². The Kier molecular flexibility index (Phi) is 9.33. The lowest BCUT2D eigenvalue weighted by Gasteiger charge is -2.19. The first-order valence-electron chi connectivity index (χ1n) is 13.0. The Balaban J connectivity index is 1.86. The summed E-state index contributed by atoms with van der Waals surface area (Å²) in [6.45, 7) is 2.43. The summed E-state index contributed by atoms with van der Waals surface area (Å²) in [5.74, 6) is -6.08. The zero-order valence-corrected chi connectivity index (χ0v) is 21.5. The van der Waals surface area contributed by atoms with Crippen molar-refractivity contribution in [3.63, 3.8) is 0 Å². The molecule has 7 heteroatoms. The highest BCUT2D eigenvalue weighted by atomic mass is 19.2. The molecule has 4 aromatic carbocycles. The molecule has 0 aliphatic carbocycles. The van der Waals surface area contributed by atoms with Gasteiger partial charge in [-0.2, -0.15) is 0 Å². The van der Waals surface area contributed by atoms with Crippen molar-refractivity contribution in [3.05, 3.63) is 102 Å². The van der Waals surface area contributed by atoms with Gasteiger partial charge < -0.3 is 4.74 Å². The van der Waals surface area contributed by atoms with Crippen molar-refractivity contribution >= 4 is 0 Å². The van der Waals surface area contributed by atoms with Crippen molar-refractivity contribution in [1.82, 2.24) is 0 Å². The molecule has 0 unspecified atom stereocenters. The third kappa shape index (κ3) is 6.83.